The van der Waals surface area contributed by atoms with Gasteiger partial charge in [-0.05, 0) is 36.4 Å². The van der Waals surface area contributed by atoms with Crippen LogP contribution < -0.4 is 14.8 Å². The van der Waals surface area contributed by atoms with E-state index in [-0.39, 0.29) is 17.1 Å². The summed E-state index contributed by atoms with van der Waals surface area (Å²) in [5.74, 6) is -3.21. The number of rotatable bonds is 8. The molecule has 28 heavy (non-hydrogen) atoms. The Hall–Kier alpha value is -3.56. The fourth-order valence-corrected chi connectivity index (χ4v) is 1.91. The Morgan fingerprint density at radius 3 is 2.32 bits per heavy atom. The summed E-state index contributed by atoms with van der Waals surface area (Å²) >= 11 is 0. The molecule has 0 spiro atoms. The van der Waals surface area contributed by atoms with Crippen LogP contribution in [0.25, 0.3) is 0 Å². The summed E-state index contributed by atoms with van der Waals surface area (Å²) < 4.78 is 50.8. The monoisotopic (exact) mass is 397 g/mol. The third-order valence-electron chi connectivity index (χ3n) is 3.11. The van der Waals surface area contributed by atoms with Gasteiger partial charge in [0.2, 0.25) is 0 Å². The molecule has 10 heteroatoms. The third-order valence-corrected chi connectivity index (χ3v) is 3.11. The van der Waals surface area contributed by atoms with Crippen LogP contribution in [0.3, 0.4) is 0 Å². The van der Waals surface area contributed by atoms with Crippen LogP contribution in [0.2, 0.25) is 0 Å². The molecule has 0 saturated carbocycles. The molecule has 0 saturated heterocycles. The summed E-state index contributed by atoms with van der Waals surface area (Å²) in [5, 5.41) is 1.96. The van der Waals surface area contributed by atoms with Gasteiger partial charge in [0.15, 0.2) is 13.2 Å². The molecule has 0 unspecified atom stereocenters. The smallest absolute Gasteiger partial charge is 0.387 e. The van der Waals surface area contributed by atoms with Gasteiger partial charge in [0.25, 0.3) is 11.8 Å². The predicted molar refractivity (Wildman–Crippen MR) is 88.4 cm³/mol. The van der Waals surface area contributed by atoms with Crippen LogP contribution in [0.15, 0.2) is 48.5 Å². The summed E-state index contributed by atoms with van der Waals surface area (Å²) in [5.41, 5.74) is 0.00994. The lowest BCUT2D eigenvalue weighted by molar-refractivity contribution is -0.150. The molecule has 0 atom stereocenters. The van der Waals surface area contributed by atoms with Crippen LogP contribution in [0.4, 0.5) is 13.2 Å². The second-order valence-electron chi connectivity index (χ2n) is 5.19. The topological polar surface area (TPSA) is 90.9 Å². The standard InChI is InChI=1S/C18H14F3NO6/c19-12-2-1-3-14(8-12)26-10-16(24)27-9-15(23)22-17(25)11-4-6-13(7-5-11)28-18(20)21/h1-8,18H,9-10H2,(H,22,23,25). The van der Waals surface area contributed by atoms with E-state index in [9.17, 15) is 27.6 Å². The SMILES string of the molecule is O=C(COC(=O)COc1cccc(F)c1)NC(=O)c1ccc(OC(F)F)cc1. The Bertz CT molecular complexity index is 841. The molecule has 148 valence electrons. The highest BCUT2D eigenvalue weighted by Gasteiger charge is 2.14. The predicted octanol–water partition coefficient (Wildman–Crippen LogP) is 2.31. The molecular weight excluding hydrogens is 383 g/mol. The van der Waals surface area contributed by atoms with Crippen LogP contribution >= 0.6 is 0 Å². The molecule has 0 heterocycles. The van der Waals surface area contributed by atoms with E-state index >= 15 is 0 Å². The number of ether oxygens (including phenoxy) is 3. The Kier molecular flexibility index (Phi) is 7.37. The van der Waals surface area contributed by atoms with Gasteiger partial charge in [-0.1, -0.05) is 6.07 Å². The van der Waals surface area contributed by atoms with Gasteiger partial charge in [-0.25, -0.2) is 9.18 Å². The molecule has 0 aliphatic rings. The number of alkyl halides is 2. The molecule has 2 amide bonds. The van der Waals surface area contributed by atoms with Crippen molar-refractivity contribution in [2.75, 3.05) is 13.2 Å². The van der Waals surface area contributed by atoms with Crippen LogP contribution in [-0.2, 0) is 14.3 Å². The zero-order valence-electron chi connectivity index (χ0n) is 14.2. The number of amides is 2. The van der Waals surface area contributed by atoms with Crippen molar-refractivity contribution >= 4 is 17.8 Å². The summed E-state index contributed by atoms with van der Waals surface area (Å²) in [7, 11) is 0. The van der Waals surface area contributed by atoms with Crippen molar-refractivity contribution in [3.8, 4) is 11.5 Å². The van der Waals surface area contributed by atoms with Gasteiger partial charge in [0.05, 0.1) is 0 Å². The average Bonchev–Trinajstić information content (AvgIpc) is 2.65. The Balaban J connectivity index is 1.73. The van der Waals surface area contributed by atoms with Gasteiger partial charge in [0, 0.05) is 11.6 Å². The molecule has 0 aromatic heterocycles. The highest BCUT2D eigenvalue weighted by atomic mass is 19.3. The van der Waals surface area contributed by atoms with Crippen molar-refractivity contribution < 1.29 is 41.8 Å². The van der Waals surface area contributed by atoms with E-state index in [0.29, 0.717) is 0 Å². The Morgan fingerprint density at radius 2 is 1.68 bits per heavy atom. The maximum Gasteiger partial charge on any atom is 0.387 e. The zero-order chi connectivity index (χ0) is 20.5. The highest BCUT2D eigenvalue weighted by molar-refractivity contribution is 6.05. The third kappa shape index (κ3) is 6.98. The highest BCUT2D eigenvalue weighted by Crippen LogP contribution is 2.15. The number of esters is 1. The Morgan fingerprint density at radius 1 is 0.964 bits per heavy atom. The number of halogens is 3. The van der Waals surface area contributed by atoms with Crippen LogP contribution in [-0.4, -0.2) is 37.6 Å². The summed E-state index contributed by atoms with van der Waals surface area (Å²) in [6.07, 6.45) is 0. The molecular formula is C18H14F3NO6. The molecule has 1 N–H and O–H groups in total. The molecule has 0 aliphatic heterocycles. The van der Waals surface area contributed by atoms with Gasteiger partial charge >= 0.3 is 12.6 Å². The van der Waals surface area contributed by atoms with Crippen LogP contribution in [0.5, 0.6) is 11.5 Å². The number of nitrogens with one attached hydrogen (secondary N) is 1. The second kappa shape index (κ2) is 9.95. The molecule has 2 aromatic rings. The van der Waals surface area contributed by atoms with E-state index in [4.69, 9.17) is 4.74 Å². The lowest BCUT2D eigenvalue weighted by Crippen LogP contribution is -2.34. The van der Waals surface area contributed by atoms with E-state index in [0.717, 1.165) is 18.2 Å². The van der Waals surface area contributed by atoms with Gasteiger partial charge in [-0.15, -0.1) is 0 Å². The first-order valence-electron chi connectivity index (χ1n) is 7.76. The van der Waals surface area contributed by atoms with Gasteiger partial charge < -0.3 is 14.2 Å². The van der Waals surface area contributed by atoms with Crippen LogP contribution in [0.1, 0.15) is 10.4 Å². The summed E-state index contributed by atoms with van der Waals surface area (Å²) in [6.45, 7) is -4.30. The number of imide groups is 1. The van der Waals surface area contributed by atoms with E-state index in [1.807, 2.05) is 5.32 Å². The van der Waals surface area contributed by atoms with Crippen molar-refractivity contribution in [2.45, 2.75) is 6.61 Å². The maximum absolute atomic E-state index is 13.0. The first kappa shape index (κ1) is 20.7. The minimum atomic E-state index is -3.00. The van der Waals surface area contributed by atoms with Gasteiger partial charge in [-0.3, -0.25) is 14.9 Å². The number of hydrogen-bond donors (Lipinski definition) is 1. The van der Waals surface area contributed by atoms with E-state index in [2.05, 4.69) is 9.47 Å². The summed E-state index contributed by atoms with van der Waals surface area (Å²) in [4.78, 5) is 35.0. The van der Waals surface area contributed by atoms with Gasteiger partial charge in [-0.2, -0.15) is 8.78 Å². The first-order valence-corrected chi connectivity index (χ1v) is 7.76. The lowest BCUT2D eigenvalue weighted by Gasteiger charge is -2.08. The van der Waals surface area contributed by atoms with E-state index in [1.165, 1.54) is 30.3 Å². The van der Waals surface area contributed by atoms with Gasteiger partial charge in [0.1, 0.15) is 17.3 Å². The first-order chi connectivity index (χ1) is 13.3. The molecule has 2 rings (SSSR count). The van der Waals surface area contributed by atoms with Crippen LogP contribution in [0, 0.1) is 5.82 Å². The summed E-state index contributed by atoms with van der Waals surface area (Å²) in [6, 6.07) is 9.71. The molecule has 0 fully saturated rings. The normalized spacial score (nSPS) is 10.3. The van der Waals surface area contributed by atoms with Crippen molar-refractivity contribution in [3.63, 3.8) is 0 Å². The second-order valence-corrected chi connectivity index (χ2v) is 5.19. The van der Waals surface area contributed by atoms with Crippen molar-refractivity contribution in [1.82, 2.24) is 5.32 Å². The minimum absolute atomic E-state index is 0.00994. The number of benzene rings is 2. The average molecular weight is 397 g/mol. The van der Waals surface area contributed by atoms with Crippen molar-refractivity contribution in [1.29, 1.82) is 0 Å². The molecule has 7 nitrogen and oxygen atoms in total. The number of carbonyl (C=O) groups is 3. The Labute approximate surface area is 157 Å². The zero-order valence-corrected chi connectivity index (χ0v) is 14.2. The molecule has 0 bridgehead atoms. The lowest BCUT2D eigenvalue weighted by atomic mass is 10.2. The number of hydrogen-bond acceptors (Lipinski definition) is 6. The largest absolute Gasteiger partial charge is 0.482 e. The number of carbonyl (C=O) groups excluding carboxylic acids is 3. The van der Waals surface area contributed by atoms with E-state index in [1.54, 1.807) is 0 Å². The fourth-order valence-electron chi connectivity index (χ4n) is 1.91. The van der Waals surface area contributed by atoms with E-state index < -0.39 is 43.4 Å². The van der Waals surface area contributed by atoms with Crippen molar-refractivity contribution in [3.05, 3.63) is 59.9 Å². The molecule has 0 radical (unpaired) electrons. The van der Waals surface area contributed by atoms with Crippen molar-refractivity contribution in [2.24, 2.45) is 0 Å². The fraction of sp³-hybridized carbons (Fsp3) is 0.167. The minimum Gasteiger partial charge on any atom is -0.482 e. The molecule has 0 aliphatic carbocycles. The maximum atomic E-state index is 13.0. The molecule has 2 aromatic carbocycles. The quantitative estimate of drug-likeness (QED) is 0.688.